The molecule has 2 aromatic rings. The number of amides is 1. The van der Waals surface area contributed by atoms with Crippen molar-refractivity contribution in [1.29, 1.82) is 0 Å². The maximum absolute atomic E-state index is 11.8. The Balaban J connectivity index is 1.99. The van der Waals surface area contributed by atoms with Crippen molar-refractivity contribution in [2.24, 2.45) is 0 Å². The molecule has 7 heteroatoms. The van der Waals surface area contributed by atoms with Gasteiger partial charge in [-0.15, -0.1) is 0 Å². The lowest BCUT2D eigenvalue weighted by molar-refractivity contribution is 0.0956. The fraction of sp³-hybridized carbons (Fsp3) is 0.0769. The van der Waals surface area contributed by atoms with Gasteiger partial charge in [0, 0.05) is 5.02 Å². The van der Waals surface area contributed by atoms with E-state index in [1.165, 1.54) is 6.33 Å². The van der Waals surface area contributed by atoms with Crippen LogP contribution in [-0.4, -0.2) is 20.9 Å². The van der Waals surface area contributed by atoms with Crippen LogP contribution in [-0.2, 0) is 6.54 Å². The fourth-order valence-electron chi connectivity index (χ4n) is 2.01. The lowest BCUT2D eigenvalue weighted by Gasteiger charge is -2.28. The number of fused-ring (bicyclic) bond motifs is 1. The van der Waals surface area contributed by atoms with Crippen LogP contribution >= 0.6 is 23.8 Å². The number of anilines is 1. The van der Waals surface area contributed by atoms with E-state index in [4.69, 9.17) is 23.8 Å². The number of thiocarbonyl (C=S) groups is 1. The third-order valence-corrected chi connectivity index (χ3v) is 3.40. The Labute approximate surface area is 125 Å². The molecule has 0 atom stereocenters. The van der Waals surface area contributed by atoms with Gasteiger partial charge in [-0.2, -0.15) is 0 Å². The van der Waals surface area contributed by atoms with E-state index in [0.717, 1.165) is 5.56 Å². The third-order valence-electron chi connectivity index (χ3n) is 2.95. The van der Waals surface area contributed by atoms with E-state index in [2.05, 4.69) is 20.3 Å². The van der Waals surface area contributed by atoms with Gasteiger partial charge in [0.15, 0.2) is 11.6 Å². The molecule has 1 aromatic carbocycles. The molecule has 0 radical (unpaired) electrons. The SMILES string of the molecule is O=C1NC(=C=S)N(Cc2ccc(Cl)cc2)c2nc[nH]c21. The van der Waals surface area contributed by atoms with Gasteiger partial charge in [0.25, 0.3) is 5.91 Å². The summed E-state index contributed by atoms with van der Waals surface area (Å²) in [6, 6.07) is 7.44. The highest BCUT2D eigenvalue weighted by Gasteiger charge is 2.29. The van der Waals surface area contributed by atoms with Crippen molar-refractivity contribution in [3.63, 3.8) is 0 Å². The number of carbonyl (C=O) groups excluding carboxylic acids is 1. The second-order valence-corrected chi connectivity index (χ2v) is 4.86. The zero-order chi connectivity index (χ0) is 14.1. The molecule has 2 N–H and O–H groups in total. The van der Waals surface area contributed by atoms with Crippen molar-refractivity contribution in [2.45, 2.75) is 6.54 Å². The molecule has 0 saturated carbocycles. The molecule has 5 nitrogen and oxygen atoms in total. The van der Waals surface area contributed by atoms with E-state index in [0.29, 0.717) is 28.9 Å². The number of nitrogens with zero attached hydrogens (tertiary/aromatic N) is 2. The number of hydrogen-bond donors (Lipinski definition) is 2. The van der Waals surface area contributed by atoms with Gasteiger partial charge in [-0.3, -0.25) is 15.0 Å². The van der Waals surface area contributed by atoms with Crippen molar-refractivity contribution in [3.8, 4) is 0 Å². The van der Waals surface area contributed by atoms with Crippen LogP contribution in [0, 0.1) is 0 Å². The summed E-state index contributed by atoms with van der Waals surface area (Å²) in [5.41, 5.74) is 1.43. The molecular weight excluding hydrogens is 296 g/mol. The van der Waals surface area contributed by atoms with Crippen LogP contribution < -0.4 is 10.2 Å². The van der Waals surface area contributed by atoms with Crippen LogP contribution in [0.3, 0.4) is 0 Å². The average molecular weight is 305 g/mol. The number of hydrogen-bond acceptors (Lipinski definition) is 4. The summed E-state index contributed by atoms with van der Waals surface area (Å²) in [6.45, 7) is 0.508. The number of H-pyrrole nitrogens is 1. The third kappa shape index (κ3) is 2.20. The van der Waals surface area contributed by atoms with E-state index in [1.54, 1.807) is 4.90 Å². The molecule has 20 heavy (non-hydrogen) atoms. The molecule has 0 saturated heterocycles. The molecule has 0 bridgehead atoms. The summed E-state index contributed by atoms with van der Waals surface area (Å²) >= 11 is 10.7. The van der Waals surface area contributed by atoms with Gasteiger partial charge in [-0.05, 0) is 34.9 Å². The van der Waals surface area contributed by atoms with Gasteiger partial charge < -0.3 is 4.98 Å². The van der Waals surface area contributed by atoms with E-state index in [9.17, 15) is 4.79 Å². The number of benzene rings is 1. The maximum atomic E-state index is 11.8. The predicted molar refractivity (Wildman–Crippen MR) is 79.8 cm³/mol. The van der Waals surface area contributed by atoms with Gasteiger partial charge in [0.05, 0.1) is 12.9 Å². The molecule has 1 aromatic heterocycles. The summed E-state index contributed by atoms with van der Waals surface area (Å²) < 4.78 is 0. The van der Waals surface area contributed by atoms with Crippen LogP contribution in [0.4, 0.5) is 5.82 Å². The highest BCUT2D eigenvalue weighted by Crippen LogP contribution is 2.25. The largest absolute Gasteiger partial charge is 0.339 e. The van der Waals surface area contributed by atoms with E-state index in [-0.39, 0.29) is 5.91 Å². The minimum Gasteiger partial charge on any atom is -0.339 e. The number of halogens is 1. The highest BCUT2D eigenvalue weighted by atomic mass is 35.5. The Morgan fingerprint density at radius 2 is 2.10 bits per heavy atom. The second kappa shape index (κ2) is 5.09. The van der Waals surface area contributed by atoms with Crippen LogP contribution in [0.15, 0.2) is 36.4 Å². The number of imidazole rings is 1. The van der Waals surface area contributed by atoms with Crippen molar-refractivity contribution < 1.29 is 4.79 Å². The van der Waals surface area contributed by atoms with E-state index >= 15 is 0 Å². The van der Waals surface area contributed by atoms with Gasteiger partial charge in [-0.25, -0.2) is 4.98 Å². The molecule has 1 aliphatic heterocycles. The smallest absolute Gasteiger partial charge is 0.277 e. The Kier molecular flexibility index (Phi) is 3.28. The molecule has 0 aliphatic carbocycles. The topological polar surface area (TPSA) is 61.0 Å². The highest BCUT2D eigenvalue weighted by molar-refractivity contribution is 7.78. The van der Waals surface area contributed by atoms with Gasteiger partial charge in [-0.1, -0.05) is 23.7 Å². The first kappa shape index (κ1) is 12.9. The molecule has 3 rings (SSSR count). The van der Waals surface area contributed by atoms with Crippen LogP contribution in [0.1, 0.15) is 16.1 Å². The number of carbonyl (C=O) groups is 1. The summed E-state index contributed by atoms with van der Waals surface area (Å²) in [6.07, 6.45) is 1.48. The van der Waals surface area contributed by atoms with Crippen molar-refractivity contribution in [2.75, 3.05) is 4.90 Å². The average Bonchev–Trinajstić information content (AvgIpc) is 2.94. The number of aromatic nitrogens is 2. The van der Waals surface area contributed by atoms with Crippen molar-refractivity contribution in [3.05, 3.63) is 52.7 Å². The standard InChI is InChI=1S/C13H9ClN4OS/c14-9-3-1-8(2-4-9)5-18-10(6-20)17-13(19)11-12(18)16-7-15-11/h1-4,7H,5H2,(H,15,16)(H,17,19). The summed E-state index contributed by atoms with van der Waals surface area (Å²) in [4.78, 5) is 20.6. The zero-order valence-corrected chi connectivity index (χ0v) is 11.8. The first-order chi connectivity index (χ1) is 9.69. The Hall–Kier alpha value is -2.14. The Bertz CT molecular complexity index is 718. The van der Waals surface area contributed by atoms with E-state index < -0.39 is 0 Å². The molecule has 0 unspecified atom stereocenters. The van der Waals surface area contributed by atoms with Crippen molar-refractivity contribution >= 4 is 40.6 Å². The molecule has 1 aliphatic rings. The minimum atomic E-state index is -0.266. The molecule has 0 spiro atoms. The lowest BCUT2D eigenvalue weighted by Crippen LogP contribution is -2.41. The Morgan fingerprint density at radius 1 is 1.35 bits per heavy atom. The number of rotatable bonds is 2. The Morgan fingerprint density at radius 3 is 2.80 bits per heavy atom. The molecule has 0 fully saturated rings. The number of aromatic amines is 1. The molecule has 2 heterocycles. The number of nitrogens with one attached hydrogen (secondary N) is 2. The fourth-order valence-corrected chi connectivity index (χ4v) is 2.30. The maximum Gasteiger partial charge on any atom is 0.277 e. The molecule has 100 valence electrons. The second-order valence-electron chi connectivity index (χ2n) is 4.22. The first-order valence-corrected chi connectivity index (χ1v) is 6.59. The lowest BCUT2D eigenvalue weighted by atomic mass is 10.2. The van der Waals surface area contributed by atoms with Gasteiger partial charge in [0.1, 0.15) is 5.69 Å². The normalized spacial score (nSPS) is 13.8. The van der Waals surface area contributed by atoms with Crippen LogP contribution in [0.25, 0.3) is 0 Å². The minimum absolute atomic E-state index is 0.266. The zero-order valence-electron chi connectivity index (χ0n) is 10.2. The quantitative estimate of drug-likeness (QED) is 0.836. The summed E-state index contributed by atoms with van der Waals surface area (Å²) in [5.74, 6) is 0.688. The first-order valence-electron chi connectivity index (χ1n) is 5.81. The summed E-state index contributed by atoms with van der Waals surface area (Å²) in [5, 5.41) is 5.91. The van der Waals surface area contributed by atoms with Gasteiger partial charge in [0.2, 0.25) is 0 Å². The molecular formula is C13H9ClN4OS. The van der Waals surface area contributed by atoms with Gasteiger partial charge >= 0.3 is 0 Å². The predicted octanol–water partition coefficient (Wildman–Crippen LogP) is 2.25. The summed E-state index contributed by atoms with van der Waals surface area (Å²) in [7, 11) is 0. The van der Waals surface area contributed by atoms with Crippen molar-refractivity contribution in [1.82, 2.24) is 15.3 Å². The van der Waals surface area contributed by atoms with Crippen LogP contribution in [0.2, 0.25) is 5.02 Å². The van der Waals surface area contributed by atoms with Crippen LogP contribution in [0.5, 0.6) is 0 Å². The molecule has 1 amide bonds. The monoisotopic (exact) mass is 304 g/mol. The van der Waals surface area contributed by atoms with E-state index in [1.807, 2.05) is 24.3 Å².